The van der Waals surface area contributed by atoms with Gasteiger partial charge in [0.2, 0.25) is 0 Å². The monoisotopic (exact) mass is 287 g/mol. The predicted molar refractivity (Wildman–Crippen MR) is 83.8 cm³/mol. The number of nitrogens with two attached hydrogens (primary N) is 1. The first-order valence-corrected chi connectivity index (χ1v) is 6.86. The van der Waals surface area contributed by atoms with Gasteiger partial charge in [-0.3, -0.25) is 0 Å². The van der Waals surface area contributed by atoms with Crippen LogP contribution in [0.1, 0.15) is 11.1 Å². The Bertz CT molecular complexity index is 584. The van der Waals surface area contributed by atoms with E-state index in [0.717, 1.165) is 29.0 Å². The predicted octanol–water partition coefficient (Wildman–Crippen LogP) is 3.05. The van der Waals surface area contributed by atoms with Crippen LogP contribution in [0.4, 0.5) is 5.69 Å². The zero-order valence-electron chi connectivity index (χ0n) is 12.5. The summed E-state index contributed by atoms with van der Waals surface area (Å²) in [6, 6.07) is 13.6. The summed E-state index contributed by atoms with van der Waals surface area (Å²) in [6.45, 7) is 1.16. The number of hydrogen-bond acceptors (Lipinski definition) is 4. The molecule has 0 heterocycles. The lowest BCUT2D eigenvalue weighted by Crippen LogP contribution is -2.02. The second-order valence-corrected chi connectivity index (χ2v) is 4.69. The molecule has 0 aliphatic rings. The van der Waals surface area contributed by atoms with E-state index in [-0.39, 0.29) is 0 Å². The molecule has 0 fully saturated rings. The molecule has 2 aromatic carbocycles. The van der Waals surface area contributed by atoms with E-state index < -0.39 is 0 Å². The van der Waals surface area contributed by atoms with Crippen LogP contribution in [-0.4, -0.2) is 20.8 Å². The Kier molecular flexibility index (Phi) is 5.46. The van der Waals surface area contributed by atoms with E-state index in [4.69, 9.17) is 19.9 Å². The summed E-state index contributed by atoms with van der Waals surface area (Å²) in [5, 5.41) is 0. The molecule has 2 rings (SSSR count). The van der Waals surface area contributed by atoms with E-state index in [1.807, 2.05) is 42.5 Å². The molecule has 21 heavy (non-hydrogen) atoms. The molecular formula is C17H21NO3. The van der Waals surface area contributed by atoms with Gasteiger partial charge in [0.1, 0.15) is 0 Å². The van der Waals surface area contributed by atoms with Gasteiger partial charge in [-0.1, -0.05) is 24.3 Å². The number of nitrogen functional groups attached to an aromatic ring is 1. The summed E-state index contributed by atoms with van der Waals surface area (Å²) in [5.41, 5.74) is 8.88. The maximum absolute atomic E-state index is 5.90. The van der Waals surface area contributed by atoms with Crippen LogP contribution in [-0.2, 0) is 17.8 Å². The third-order valence-electron chi connectivity index (χ3n) is 3.29. The average Bonchev–Trinajstić information content (AvgIpc) is 2.52. The summed E-state index contributed by atoms with van der Waals surface area (Å²) in [6.07, 6.45) is 0.806. The maximum atomic E-state index is 5.90. The topological polar surface area (TPSA) is 53.7 Å². The van der Waals surface area contributed by atoms with Crippen LogP contribution < -0.4 is 15.2 Å². The number of benzene rings is 2. The lowest BCUT2D eigenvalue weighted by Gasteiger charge is -2.10. The Labute approximate surface area is 125 Å². The summed E-state index contributed by atoms with van der Waals surface area (Å²) in [5.74, 6) is 1.43. The second-order valence-electron chi connectivity index (χ2n) is 4.69. The van der Waals surface area contributed by atoms with Crippen molar-refractivity contribution in [2.45, 2.75) is 13.0 Å². The largest absolute Gasteiger partial charge is 0.493 e. The Morgan fingerprint density at radius 3 is 2.43 bits per heavy atom. The number of hydrogen-bond donors (Lipinski definition) is 1. The SMILES string of the molecule is COc1ccc(COCCc2ccccc2N)cc1OC. The van der Waals surface area contributed by atoms with Gasteiger partial charge in [-0.25, -0.2) is 0 Å². The quantitative estimate of drug-likeness (QED) is 0.628. The van der Waals surface area contributed by atoms with Crippen LogP contribution in [0, 0.1) is 0 Å². The molecule has 0 unspecified atom stereocenters. The van der Waals surface area contributed by atoms with Crippen LogP contribution >= 0.6 is 0 Å². The highest BCUT2D eigenvalue weighted by molar-refractivity contribution is 5.46. The van der Waals surface area contributed by atoms with Gasteiger partial charge in [0.15, 0.2) is 11.5 Å². The minimum atomic E-state index is 0.535. The van der Waals surface area contributed by atoms with E-state index >= 15 is 0 Å². The molecular weight excluding hydrogens is 266 g/mol. The molecule has 2 aromatic rings. The molecule has 4 nitrogen and oxygen atoms in total. The van der Waals surface area contributed by atoms with Gasteiger partial charge in [-0.05, 0) is 35.7 Å². The first-order chi connectivity index (χ1) is 10.2. The smallest absolute Gasteiger partial charge is 0.161 e. The Hall–Kier alpha value is -2.20. The lowest BCUT2D eigenvalue weighted by molar-refractivity contribution is 0.123. The van der Waals surface area contributed by atoms with Gasteiger partial charge in [0.25, 0.3) is 0 Å². The van der Waals surface area contributed by atoms with Crippen molar-refractivity contribution in [3.05, 3.63) is 53.6 Å². The van der Waals surface area contributed by atoms with Crippen molar-refractivity contribution in [1.82, 2.24) is 0 Å². The van der Waals surface area contributed by atoms with Crippen molar-refractivity contribution < 1.29 is 14.2 Å². The molecule has 0 saturated carbocycles. The summed E-state index contributed by atoms with van der Waals surface area (Å²) in [7, 11) is 3.25. The normalized spacial score (nSPS) is 10.4. The zero-order valence-corrected chi connectivity index (χ0v) is 12.5. The molecule has 0 aromatic heterocycles. The van der Waals surface area contributed by atoms with Crippen molar-refractivity contribution in [2.24, 2.45) is 0 Å². The summed E-state index contributed by atoms with van der Waals surface area (Å²) in [4.78, 5) is 0. The molecule has 0 atom stereocenters. The molecule has 4 heteroatoms. The number of methoxy groups -OCH3 is 2. The second kappa shape index (κ2) is 7.55. The lowest BCUT2D eigenvalue weighted by atomic mass is 10.1. The van der Waals surface area contributed by atoms with Crippen molar-refractivity contribution >= 4 is 5.69 Å². The third kappa shape index (κ3) is 4.13. The molecule has 0 radical (unpaired) electrons. The Morgan fingerprint density at radius 2 is 1.71 bits per heavy atom. The van der Waals surface area contributed by atoms with Gasteiger partial charge in [-0.2, -0.15) is 0 Å². The first kappa shape index (κ1) is 15.2. The summed E-state index contributed by atoms with van der Waals surface area (Å²) >= 11 is 0. The van der Waals surface area contributed by atoms with Crippen LogP contribution in [0.2, 0.25) is 0 Å². The fourth-order valence-electron chi connectivity index (χ4n) is 2.10. The van der Waals surface area contributed by atoms with Crippen molar-refractivity contribution in [1.29, 1.82) is 0 Å². The molecule has 0 spiro atoms. The highest BCUT2D eigenvalue weighted by Gasteiger charge is 2.05. The van der Waals surface area contributed by atoms with Crippen molar-refractivity contribution in [2.75, 3.05) is 26.6 Å². The Balaban J connectivity index is 1.85. The maximum Gasteiger partial charge on any atom is 0.161 e. The highest BCUT2D eigenvalue weighted by atomic mass is 16.5. The zero-order chi connectivity index (χ0) is 15.1. The van der Waals surface area contributed by atoms with Gasteiger partial charge in [0, 0.05) is 5.69 Å². The van der Waals surface area contributed by atoms with E-state index in [1.165, 1.54) is 0 Å². The molecule has 0 aliphatic carbocycles. The fraction of sp³-hybridized carbons (Fsp3) is 0.294. The van der Waals surface area contributed by atoms with Crippen LogP contribution in [0.25, 0.3) is 0 Å². The van der Waals surface area contributed by atoms with Gasteiger partial charge in [-0.15, -0.1) is 0 Å². The molecule has 0 saturated heterocycles. The Morgan fingerprint density at radius 1 is 0.952 bits per heavy atom. The molecule has 112 valence electrons. The number of anilines is 1. The molecule has 0 aliphatic heterocycles. The highest BCUT2D eigenvalue weighted by Crippen LogP contribution is 2.27. The van der Waals surface area contributed by atoms with E-state index in [9.17, 15) is 0 Å². The van der Waals surface area contributed by atoms with Gasteiger partial charge >= 0.3 is 0 Å². The third-order valence-corrected chi connectivity index (χ3v) is 3.29. The average molecular weight is 287 g/mol. The number of rotatable bonds is 7. The first-order valence-electron chi connectivity index (χ1n) is 6.86. The minimum Gasteiger partial charge on any atom is -0.493 e. The fourth-order valence-corrected chi connectivity index (χ4v) is 2.10. The molecule has 2 N–H and O–H groups in total. The van der Waals surface area contributed by atoms with E-state index in [1.54, 1.807) is 14.2 Å². The standard InChI is InChI=1S/C17H21NO3/c1-19-16-8-7-13(11-17(16)20-2)12-21-10-9-14-5-3-4-6-15(14)18/h3-8,11H,9-10,12,18H2,1-2H3. The molecule has 0 bridgehead atoms. The van der Waals surface area contributed by atoms with Crippen molar-refractivity contribution in [3.8, 4) is 11.5 Å². The van der Waals surface area contributed by atoms with Crippen LogP contribution in [0.3, 0.4) is 0 Å². The van der Waals surface area contributed by atoms with Crippen molar-refractivity contribution in [3.63, 3.8) is 0 Å². The van der Waals surface area contributed by atoms with E-state index in [0.29, 0.717) is 19.0 Å². The van der Waals surface area contributed by atoms with E-state index in [2.05, 4.69) is 0 Å². The minimum absolute atomic E-state index is 0.535. The summed E-state index contributed by atoms with van der Waals surface area (Å²) < 4.78 is 16.2. The van der Waals surface area contributed by atoms with Gasteiger partial charge < -0.3 is 19.9 Å². The number of ether oxygens (including phenoxy) is 3. The van der Waals surface area contributed by atoms with Crippen LogP contribution in [0.5, 0.6) is 11.5 Å². The molecule has 0 amide bonds. The van der Waals surface area contributed by atoms with Crippen LogP contribution in [0.15, 0.2) is 42.5 Å². The number of para-hydroxylation sites is 1. The van der Waals surface area contributed by atoms with Gasteiger partial charge in [0.05, 0.1) is 27.4 Å².